The Labute approximate surface area is 171 Å². The number of benzene rings is 1. The average molecular weight is 445 g/mol. The molecule has 0 amide bonds. The number of carboxylic acids is 1. The zero-order valence-corrected chi connectivity index (χ0v) is 17.3. The number of fused-ring (bicyclic) bond motifs is 1. The maximum Gasteiger partial charge on any atom is 0.303 e. The number of aromatic nitrogens is 2. The number of Topliss-reactive ketones (excluding diaryl/α,β-unsaturated/α-hetero) is 1. The number of halogens is 1. The summed E-state index contributed by atoms with van der Waals surface area (Å²) < 4.78 is 8.18. The van der Waals surface area contributed by atoms with Crippen molar-refractivity contribution in [2.45, 2.75) is 32.6 Å². The maximum atomic E-state index is 13.2. The van der Waals surface area contributed by atoms with Gasteiger partial charge in [-0.05, 0) is 43.7 Å². The van der Waals surface area contributed by atoms with Gasteiger partial charge in [0, 0.05) is 23.0 Å². The van der Waals surface area contributed by atoms with E-state index in [1.807, 2.05) is 37.3 Å². The number of imidazole rings is 1. The van der Waals surface area contributed by atoms with Crippen LogP contribution in [0.25, 0.3) is 5.65 Å². The number of carbonyl (C=O) groups is 2. The number of rotatable bonds is 8. The van der Waals surface area contributed by atoms with E-state index in [2.05, 4.69) is 20.9 Å². The molecule has 1 aromatic carbocycles. The number of hydrogen-bond acceptors (Lipinski definition) is 4. The highest BCUT2D eigenvalue weighted by Crippen LogP contribution is 2.29. The molecule has 3 rings (SSSR count). The fourth-order valence-electron chi connectivity index (χ4n) is 3.36. The number of carboxylic acid groups (broad SMARTS) is 1. The van der Waals surface area contributed by atoms with Crippen LogP contribution in [-0.4, -0.2) is 32.9 Å². The Balaban J connectivity index is 1.97. The van der Waals surface area contributed by atoms with Gasteiger partial charge in [-0.2, -0.15) is 0 Å². The van der Waals surface area contributed by atoms with Crippen LogP contribution in [0.1, 0.15) is 47.4 Å². The van der Waals surface area contributed by atoms with E-state index in [9.17, 15) is 14.7 Å². The van der Waals surface area contributed by atoms with E-state index in [-0.39, 0.29) is 18.6 Å². The fraction of sp³-hybridized carbons (Fsp3) is 0.286. The summed E-state index contributed by atoms with van der Waals surface area (Å²) in [5.74, 6) is -0.903. The molecule has 2 aromatic heterocycles. The normalized spacial score (nSPS) is 12.1. The van der Waals surface area contributed by atoms with Crippen molar-refractivity contribution in [3.05, 3.63) is 64.0 Å². The van der Waals surface area contributed by atoms with Crippen LogP contribution in [0, 0.1) is 6.92 Å². The van der Waals surface area contributed by atoms with E-state index in [1.54, 1.807) is 23.6 Å². The zero-order valence-electron chi connectivity index (χ0n) is 15.7. The van der Waals surface area contributed by atoms with E-state index in [1.165, 1.54) is 0 Å². The number of aryl methyl sites for hydroxylation is 1. The molecule has 6 nitrogen and oxygen atoms in total. The Morgan fingerprint density at radius 3 is 2.71 bits per heavy atom. The van der Waals surface area contributed by atoms with Gasteiger partial charge in [0.25, 0.3) is 0 Å². The first-order valence-corrected chi connectivity index (χ1v) is 9.81. The van der Waals surface area contributed by atoms with Crippen molar-refractivity contribution in [1.82, 2.24) is 9.38 Å². The molecule has 0 aliphatic heterocycles. The van der Waals surface area contributed by atoms with Crippen molar-refractivity contribution >= 4 is 33.3 Å². The second kappa shape index (κ2) is 8.56. The van der Waals surface area contributed by atoms with Gasteiger partial charge in [0.05, 0.1) is 18.7 Å². The van der Waals surface area contributed by atoms with E-state index >= 15 is 0 Å². The van der Waals surface area contributed by atoms with E-state index in [4.69, 9.17) is 4.74 Å². The van der Waals surface area contributed by atoms with E-state index in [0.717, 1.165) is 10.0 Å². The summed E-state index contributed by atoms with van der Waals surface area (Å²) >= 11 is 3.41. The molecule has 0 saturated carbocycles. The Hall–Kier alpha value is -2.67. The molecular weight excluding hydrogens is 424 g/mol. The van der Waals surface area contributed by atoms with Gasteiger partial charge >= 0.3 is 5.97 Å². The van der Waals surface area contributed by atoms with Crippen LogP contribution in [0.2, 0.25) is 0 Å². The second-order valence-corrected chi connectivity index (χ2v) is 7.44. The molecule has 7 heteroatoms. The van der Waals surface area contributed by atoms with Crippen molar-refractivity contribution in [2.24, 2.45) is 0 Å². The number of hydrogen-bond donors (Lipinski definition) is 1. The minimum Gasteiger partial charge on any atom is -0.490 e. The predicted molar refractivity (Wildman–Crippen MR) is 109 cm³/mol. The molecule has 0 aliphatic rings. The van der Waals surface area contributed by atoms with Crippen LogP contribution in [0.15, 0.2) is 47.1 Å². The molecule has 0 spiro atoms. The SMILES string of the molecule is CCOc1cccn2c(C(=O)CC(CC(=O)O)c3cccc(Br)c3)c(C)nc12. The number of ketones is 1. The summed E-state index contributed by atoms with van der Waals surface area (Å²) in [6.45, 7) is 4.17. The van der Waals surface area contributed by atoms with Gasteiger partial charge in [-0.3, -0.25) is 14.0 Å². The lowest BCUT2D eigenvalue weighted by Crippen LogP contribution is -2.14. The minimum atomic E-state index is -0.939. The number of pyridine rings is 1. The molecule has 0 bridgehead atoms. The molecule has 2 heterocycles. The Kier molecular flexibility index (Phi) is 6.14. The summed E-state index contributed by atoms with van der Waals surface area (Å²) in [4.78, 5) is 29.0. The molecule has 146 valence electrons. The smallest absolute Gasteiger partial charge is 0.303 e. The lowest BCUT2D eigenvalue weighted by Gasteiger charge is -2.15. The largest absolute Gasteiger partial charge is 0.490 e. The van der Waals surface area contributed by atoms with Crippen molar-refractivity contribution in [3.8, 4) is 5.75 Å². The van der Waals surface area contributed by atoms with Crippen LogP contribution in [0.4, 0.5) is 0 Å². The van der Waals surface area contributed by atoms with Crippen molar-refractivity contribution in [2.75, 3.05) is 6.61 Å². The molecule has 0 fully saturated rings. The summed E-state index contributed by atoms with van der Waals surface area (Å²) in [6.07, 6.45) is 1.73. The molecule has 28 heavy (non-hydrogen) atoms. The zero-order chi connectivity index (χ0) is 20.3. The molecule has 1 N–H and O–H groups in total. The summed E-state index contributed by atoms with van der Waals surface area (Å²) in [5.41, 5.74) is 2.46. The summed E-state index contributed by atoms with van der Waals surface area (Å²) in [7, 11) is 0. The third-order valence-electron chi connectivity index (χ3n) is 4.53. The van der Waals surface area contributed by atoms with Gasteiger partial charge in [-0.25, -0.2) is 4.98 Å². The minimum absolute atomic E-state index is 0.0796. The highest BCUT2D eigenvalue weighted by molar-refractivity contribution is 9.10. The molecule has 1 atom stereocenters. The Morgan fingerprint density at radius 1 is 1.25 bits per heavy atom. The standard InChI is InChI=1S/C21H21BrN2O4/c1-3-28-18-8-5-9-24-20(13(2)23-21(18)24)17(25)11-15(12-19(26)27)14-6-4-7-16(22)10-14/h4-10,15H,3,11-12H2,1-2H3,(H,26,27). The highest BCUT2D eigenvalue weighted by atomic mass is 79.9. The van der Waals surface area contributed by atoms with Crippen LogP contribution in [-0.2, 0) is 4.79 Å². The van der Waals surface area contributed by atoms with Crippen LogP contribution < -0.4 is 4.74 Å². The lowest BCUT2D eigenvalue weighted by molar-refractivity contribution is -0.137. The fourth-order valence-corrected chi connectivity index (χ4v) is 3.78. The molecule has 0 radical (unpaired) electrons. The van der Waals surface area contributed by atoms with Crippen molar-refractivity contribution in [3.63, 3.8) is 0 Å². The maximum absolute atomic E-state index is 13.2. The monoisotopic (exact) mass is 444 g/mol. The first-order chi connectivity index (χ1) is 13.4. The topological polar surface area (TPSA) is 80.9 Å². The number of nitrogens with zero attached hydrogens (tertiary/aromatic N) is 2. The van der Waals surface area contributed by atoms with Crippen LogP contribution in [0.5, 0.6) is 5.75 Å². The number of ether oxygens (including phenoxy) is 1. The first-order valence-electron chi connectivity index (χ1n) is 9.01. The third-order valence-corrected chi connectivity index (χ3v) is 5.02. The molecule has 0 saturated heterocycles. The van der Waals surface area contributed by atoms with Gasteiger partial charge in [0.15, 0.2) is 17.2 Å². The third kappa shape index (κ3) is 4.25. The molecule has 0 aliphatic carbocycles. The van der Waals surface area contributed by atoms with Gasteiger partial charge in [-0.1, -0.05) is 28.1 Å². The van der Waals surface area contributed by atoms with Gasteiger partial charge in [0.1, 0.15) is 5.69 Å². The van der Waals surface area contributed by atoms with E-state index < -0.39 is 11.9 Å². The van der Waals surface area contributed by atoms with Gasteiger partial charge in [-0.15, -0.1) is 0 Å². The van der Waals surface area contributed by atoms with E-state index in [0.29, 0.717) is 29.4 Å². The van der Waals surface area contributed by atoms with Crippen LogP contribution in [0.3, 0.4) is 0 Å². The first kappa shape index (κ1) is 20.1. The van der Waals surface area contributed by atoms with Crippen LogP contribution >= 0.6 is 15.9 Å². The summed E-state index contributed by atoms with van der Waals surface area (Å²) in [5, 5.41) is 9.32. The lowest BCUT2D eigenvalue weighted by atomic mass is 9.90. The molecule has 1 unspecified atom stereocenters. The number of aliphatic carboxylic acids is 1. The second-order valence-electron chi connectivity index (χ2n) is 6.52. The van der Waals surface area contributed by atoms with Gasteiger partial charge in [0.2, 0.25) is 0 Å². The Bertz CT molecular complexity index is 1030. The quantitative estimate of drug-likeness (QED) is 0.512. The molecule has 3 aromatic rings. The van der Waals surface area contributed by atoms with Crippen molar-refractivity contribution < 1.29 is 19.4 Å². The number of carbonyl (C=O) groups excluding carboxylic acids is 1. The predicted octanol–water partition coefficient (Wildman–Crippen LogP) is 4.64. The van der Waals surface area contributed by atoms with Crippen molar-refractivity contribution in [1.29, 1.82) is 0 Å². The summed E-state index contributed by atoms with van der Waals surface area (Å²) in [6, 6.07) is 11.0. The Morgan fingerprint density at radius 2 is 2.04 bits per heavy atom. The molecular formula is C21H21BrN2O4. The highest BCUT2D eigenvalue weighted by Gasteiger charge is 2.24. The average Bonchev–Trinajstić information content (AvgIpc) is 2.98. The van der Waals surface area contributed by atoms with Gasteiger partial charge < -0.3 is 9.84 Å².